The van der Waals surface area contributed by atoms with Crippen molar-refractivity contribution in [2.45, 2.75) is 0 Å². The van der Waals surface area contributed by atoms with Crippen LogP contribution in [0.25, 0.3) is 93.6 Å². The Bertz CT molecular complexity index is 3580. The van der Waals surface area contributed by atoms with E-state index < -0.39 is 0 Å². The van der Waals surface area contributed by atoms with Gasteiger partial charge in [0.05, 0.1) is 22.4 Å². The molecular weight excluding hydrogens is 741 g/mol. The molecule has 10 aromatic carbocycles. The molecule has 2 heterocycles. The first-order valence-electron chi connectivity index (χ1n) is 20.8. The van der Waals surface area contributed by atoms with Gasteiger partial charge in [-0.05, 0) is 101 Å². The van der Waals surface area contributed by atoms with Crippen LogP contribution in [-0.4, -0.2) is 4.57 Å². The Balaban J connectivity index is 0.969. The smallest absolute Gasteiger partial charge is 0.143 e. The molecule has 0 N–H and O–H groups in total. The van der Waals surface area contributed by atoms with Crippen LogP contribution in [0.2, 0.25) is 0 Å². The number of nitrogens with zero attached hydrogens (tertiary/aromatic N) is 2. The van der Waals surface area contributed by atoms with Gasteiger partial charge in [0.15, 0.2) is 0 Å². The van der Waals surface area contributed by atoms with Crippen LogP contribution in [-0.2, 0) is 0 Å². The number of fused-ring (bicyclic) bond motifs is 8. The molecule has 12 rings (SSSR count). The van der Waals surface area contributed by atoms with Gasteiger partial charge >= 0.3 is 0 Å². The van der Waals surface area contributed by atoms with Crippen molar-refractivity contribution in [1.29, 1.82) is 0 Å². The fourth-order valence-corrected chi connectivity index (χ4v) is 9.35. The molecule has 0 aliphatic heterocycles. The first kappa shape index (κ1) is 34.9. The summed E-state index contributed by atoms with van der Waals surface area (Å²) in [4.78, 5) is 2.40. The number of furan rings is 1. The maximum atomic E-state index is 6.55. The van der Waals surface area contributed by atoms with E-state index in [-0.39, 0.29) is 0 Å². The number of benzene rings is 10. The third kappa shape index (κ3) is 5.82. The second-order valence-electron chi connectivity index (χ2n) is 15.7. The number of hydrogen-bond acceptors (Lipinski definition) is 2. The lowest BCUT2D eigenvalue weighted by atomic mass is 9.97. The molecule has 12 aromatic rings. The van der Waals surface area contributed by atoms with E-state index in [2.05, 4.69) is 234 Å². The van der Waals surface area contributed by atoms with Crippen LogP contribution in [0, 0.1) is 0 Å². The van der Waals surface area contributed by atoms with E-state index in [0.29, 0.717) is 0 Å². The second kappa shape index (κ2) is 14.3. The van der Waals surface area contributed by atoms with Crippen molar-refractivity contribution >= 4 is 71.6 Å². The molecule has 0 atom stereocenters. The molecule has 0 aliphatic carbocycles. The molecule has 3 heteroatoms. The van der Waals surface area contributed by atoms with Gasteiger partial charge in [-0.3, -0.25) is 0 Å². The second-order valence-corrected chi connectivity index (χ2v) is 15.7. The molecular formula is C58H38N2O. The largest absolute Gasteiger partial charge is 0.455 e. The molecule has 0 saturated heterocycles. The fourth-order valence-electron chi connectivity index (χ4n) is 9.35. The highest BCUT2D eigenvalue weighted by Gasteiger charge is 2.21. The highest BCUT2D eigenvalue weighted by atomic mass is 16.3. The minimum absolute atomic E-state index is 0.901. The lowest BCUT2D eigenvalue weighted by Gasteiger charge is -2.29. The van der Waals surface area contributed by atoms with E-state index in [1.807, 2.05) is 6.07 Å². The molecule has 286 valence electrons. The van der Waals surface area contributed by atoms with E-state index >= 15 is 0 Å². The number of anilines is 3. The van der Waals surface area contributed by atoms with E-state index in [9.17, 15) is 0 Å². The van der Waals surface area contributed by atoms with E-state index in [4.69, 9.17) is 4.42 Å². The van der Waals surface area contributed by atoms with Gasteiger partial charge in [-0.2, -0.15) is 0 Å². The van der Waals surface area contributed by atoms with Gasteiger partial charge in [0.1, 0.15) is 11.2 Å². The van der Waals surface area contributed by atoms with Crippen LogP contribution in [0.5, 0.6) is 0 Å². The van der Waals surface area contributed by atoms with Crippen molar-refractivity contribution in [1.82, 2.24) is 4.57 Å². The molecule has 0 unspecified atom stereocenters. The van der Waals surface area contributed by atoms with Crippen LogP contribution in [0.15, 0.2) is 235 Å². The van der Waals surface area contributed by atoms with Gasteiger partial charge in [-0.25, -0.2) is 0 Å². The summed E-state index contributed by atoms with van der Waals surface area (Å²) in [5.41, 5.74) is 15.7. The van der Waals surface area contributed by atoms with Gasteiger partial charge in [0.2, 0.25) is 0 Å². The van der Waals surface area contributed by atoms with Crippen molar-refractivity contribution in [3.05, 3.63) is 231 Å². The first-order chi connectivity index (χ1) is 30.3. The number of rotatable bonds is 7. The molecule has 61 heavy (non-hydrogen) atoms. The van der Waals surface area contributed by atoms with Crippen molar-refractivity contribution in [2.75, 3.05) is 4.90 Å². The Morgan fingerprint density at radius 2 is 0.902 bits per heavy atom. The summed E-state index contributed by atoms with van der Waals surface area (Å²) in [6, 6.07) is 82.9. The third-order valence-electron chi connectivity index (χ3n) is 12.2. The van der Waals surface area contributed by atoms with Gasteiger partial charge in [0, 0.05) is 49.3 Å². The standard InChI is InChI=1S/C58H38N2O/c1-3-15-40(16-4-1)46-21-7-10-25-53(46)60(55-27-14-24-50-48(55)34-35-51-49-23-9-12-28-57(49)61-58(50)51)45-32-29-39(30-33-45)41-17-13-18-42(37-41)43-31-36-56-52(38-43)47-22-8-11-26-54(47)59(56)44-19-5-2-6-20-44/h1-38H. The molecule has 0 spiro atoms. The van der Waals surface area contributed by atoms with Gasteiger partial charge in [0.25, 0.3) is 0 Å². The van der Waals surface area contributed by atoms with Crippen molar-refractivity contribution in [3.8, 4) is 39.1 Å². The quantitative estimate of drug-likeness (QED) is 0.161. The predicted octanol–water partition coefficient (Wildman–Crippen LogP) is 16.3. The highest BCUT2D eigenvalue weighted by molar-refractivity contribution is 6.18. The fraction of sp³-hybridized carbons (Fsp3) is 0. The molecule has 0 radical (unpaired) electrons. The lowest BCUT2D eigenvalue weighted by Crippen LogP contribution is -2.11. The Hall–Kier alpha value is -8.14. The Kier molecular flexibility index (Phi) is 8.17. The number of aromatic nitrogens is 1. The normalized spacial score (nSPS) is 11.6. The summed E-state index contributed by atoms with van der Waals surface area (Å²) < 4.78 is 8.92. The maximum Gasteiger partial charge on any atom is 0.143 e. The SMILES string of the molecule is c1ccc(-c2ccccc2N(c2ccc(-c3cccc(-c4ccc5c(c4)c4ccccc4n5-c4ccccc4)c3)cc2)c2cccc3c2ccc2c4ccccc4oc32)cc1. The minimum atomic E-state index is 0.901. The molecule has 0 fully saturated rings. The van der Waals surface area contributed by atoms with E-state index in [0.717, 1.165) is 66.6 Å². The van der Waals surface area contributed by atoms with Gasteiger partial charge in [-0.1, -0.05) is 158 Å². The van der Waals surface area contributed by atoms with Crippen LogP contribution < -0.4 is 4.90 Å². The predicted molar refractivity (Wildman–Crippen MR) is 257 cm³/mol. The Morgan fingerprint density at radius 1 is 0.328 bits per heavy atom. The molecule has 2 aromatic heterocycles. The van der Waals surface area contributed by atoms with Gasteiger partial charge < -0.3 is 13.9 Å². The number of para-hydroxylation sites is 4. The van der Waals surface area contributed by atoms with Gasteiger partial charge in [-0.15, -0.1) is 0 Å². The summed E-state index contributed by atoms with van der Waals surface area (Å²) in [5, 5.41) is 6.97. The van der Waals surface area contributed by atoms with E-state index in [1.54, 1.807) is 0 Å². The molecule has 0 aliphatic rings. The van der Waals surface area contributed by atoms with Crippen molar-refractivity contribution in [3.63, 3.8) is 0 Å². The topological polar surface area (TPSA) is 21.3 Å². The van der Waals surface area contributed by atoms with Crippen LogP contribution in [0.3, 0.4) is 0 Å². The number of hydrogen-bond donors (Lipinski definition) is 0. The Labute approximate surface area is 353 Å². The summed E-state index contributed by atoms with van der Waals surface area (Å²) in [6.07, 6.45) is 0. The molecule has 0 amide bonds. The van der Waals surface area contributed by atoms with Crippen LogP contribution in [0.4, 0.5) is 17.1 Å². The minimum Gasteiger partial charge on any atom is -0.455 e. The van der Waals surface area contributed by atoms with E-state index in [1.165, 1.54) is 44.1 Å². The summed E-state index contributed by atoms with van der Waals surface area (Å²) in [6.45, 7) is 0. The zero-order chi connectivity index (χ0) is 40.3. The zero-order valence-corrected chi connectivity index (χ0v) is 33.2. The van der Waals surface area contributed by atoms with Crippen molar-refractivity contribution in [2.24, 2.45) is 0 Å². The Morgan fingerprint density at radius 3 is 1.75 bits per heavy atom. The maximum absolute atomic E-state index is 6.55. The third-order valence-corrected chi connectivity index (χ3v) is 12.2. The lowest BCUT2D eigenvalue weighted by molar-refractivity contribution is 0.672. The monoisotopic (exact) mass is 778 g/mol. The average Bonchev–Trinajstić information content (AvgIpc) is 3.89. The summed E-state index contributed by atoms with van der Waals surface area (Å²) in [7, 11) is 0. The molecule has 3 nitrogen and oxygen atoms in total. The van der Waals surface area contributed by atoms with Crippen LogP contribution >= 0.6 is 0 Å². The highest BCUT2D eigenvalue weighted by Crippen LogP contribution is 2.46. The first-order valence-corrected chi connectivity index (χ1v) is 20.8. The molecule has 0 bridgehead atoms. The summed E-state index contributed by atoms with van der Waals surface area (Å²) in [5.74, 6) is 0. The van der Waals surface area contributed by atoms with Crippen LogP contribution in [0.1, 0.15) is 0 Å². The average molecular weight is 779 g/mol. The zero-order valence-electron chi connectivity index (χ0n) is 33.2. The van der Waals surface area contributed by atoms with Crippen molar-refractivity contribution < 1.29 is 4.42 Å². The molecule has 0 saturated carbocycles. The summed E-state index contributed by atoms with van der Waals surface area (Å²) >= 11 is 0.